The smallest absolute Gasteiger partial charge is 0.229 e. The first-order valence-corrected chi connectivity index (χ1v) is 6.37. The minimum Gasteiger partial charge on any atom is -0.342 e. The highest BCUT2D eigenvalue weighted by molar-refractivity contribution is 5.82. The minimum atomic E-state index is -0.425. The molecule has 1 amide bonds. The van der Waals surface area contributed by atoms with Crippen molar-refractivity contribution in [3.05, 3.63) is 0 Å². The standard InChI is InChI=1S/C13H26N2O/c1-10-7-5-6-8-11(10)15(4)12(16)13(2,3)9-14/h10-11H,5-9,14H2,1-4H3. The summed E-state index contributed by atoms with van der Waals surface area (Å²) in [5.74, 6) is 0.810. The second-order valence-corrected chi connectivity index (χ2v) is 5.83. The van der Waals surface area contributed by atoms with Gasteiger partial charge in [0, 0.05) is 19.6 Å². The van der Waals surface area contributed by atoms with E-state index in [4.69, 9.17) is 5.73 Å². The van der Waals surface area contributed by atoms with Crippen molar-refractivity contribution < 1.29 is 4.79 Å². The largest absolute Gasteiger partial charge is 0.342 e. The number of hydrogen-bond acceptors (Lipinski definition) is 2. The third-order valence-corrected chi connectivity index (χ3v) is 3.97. The Morgan fingerprint density at radius 1 is 1.38 bits per heavy atom. The molecule has 0 aromatic rings. The molecule has 1 saturated carbocycles. The van der Waals surface area contributed by atoms with Crippen molar-refractivity contribution in [3.8, 4) is 0 Å². The zero-order valence-electron chi connectivity index (χ0n) is 11.1. The molecule has 1 rings (SSSR count). The molecule has 3 heteroatoms. The van der Waals surface area contributed by atoms with Crippen LogP contribution in [0.2, 0.25) is 0 Å². The Kier molecular flexibility index (Phi) is 4.36. The first-order valence-electron chi connectivity index (χ1n) is 6.37. The van der Waals surface area contributed by atoms with E-state index in [1.165, 1.54) is 19.3 Å². The number of nitrogens with two attached hydrogens (primary N) is 1. The maximum absolute atomic E-state index is 12.3. The van der Waals surface area contributed by atoms with Gasteiger partial charge in [-0.15, -0.1) is 0 Å². The van der Waals surface area contributed by atoms with Gasteiger partial charge >= 0.3 is 0 Å². The van der Waals surface area contributed by atoms with Crippen LogP contribution in [0.5, 0.6) is 0 Å². The first-order chi connectivity index (χ1) is 7.40. The summed E-state index contributed by atoms with van der Waals surface area (Å²) < 4.78 is 0. The van der Waals surface area contributed by atoms with E-state index in [2.05, 4.69) is 6.92 Å². The van der Waals surface area contributed by atoms with Crippen LogP contribution in [0.25, 0.3) is 0 Å². The van der Waals surface area contributed by atoms with E-state index >= 15 is 0 Å². The van der Waals surface area contributed by atoms with Gasteiger partial charge in [-0.05, 0) is 32.6 Å². The number of nitrogens with zero attached hydrogens (tertiary/aromatic N) is 1. The predicted octanol–water partition coefficient (Wildman–Crippen LogP) is 2.01. The highest BCUT2D eigenvalue weighted by atomic mass is 16.2. The molecule has 1 aliphatic rings. The molecule has 0 aromatic heterocycles. The van der Waals surface area contributed by atoms with Crippen molar-refractivity contribution in [1.29, 1.82) is 0 Å². The van der Waals surface area contributed by atoms with E-state index in [1.807, 2.05) is 25.8 Å². The van der Waals surface area contributed by atoms with Gasteiger partial charge in [0.15, 0.2) is 0 Å². The van der Waals surface area contributed by atoms with E-state index in [0.717, 1.165) is 6.42 Å². The van der Waals surface area contributed by atoms with Crippen LogP contribution in [0.1, 0.15) is 46.5 Å². The first kappa shape index (κ1) is 13.5. The summed E-state index contributed by atoms with van der Waals surface area (Å²) in [5.41, 5.74) is 5.24. The van der Waals surface area contributed by atoms with Crippen LogP contribution in [0.3, 0.4) is 0 Å². The lowest BCUT2D eigenvalue weighted by atomic mass is 9.83. The molecule has 2 unspecified atom stereocenters. The van der Waals surface area contributed by atoms with Gasteiger partial charge in [0.1, 0.15) is 0 Å². The van der Waals surface area contributed by atoms with Crippen molar-refractivity contribution in [2.75, 3.05) is 13.6 Å². The van der Waals surface area contributed by atoms with Crippen molar-refractivity contribution >= 4 is 5.91 Å². The van der Waals surface area contributed by atoms with Gasteiger partial charge < -0.3 is 10.6 Å². The van der Waals surface area contributed by atoms with Crippen molar-refractivity contribution in [3.63, 3.8) is 0 Å². The fraction of sp³-hybridized carbons (Fsp3) is 0.923. The third-order valence-electron chi connectivity index (χ3n) is 3.97. The number of amides is 1. The Labute approximate surface area is 99.4 Å². The van der Waals surface area contributed by atoms with Gasteiger partial charge in [-0.25, -0.2) is 0 Å². The van der Waals surface area contributed by atoms with Crippen LogP contribution < -0.4 is 5.73 Å². The summed E-state index contributed by atoms with van der Waals surface area (Å²) in [4.78, 5) is 14.2. The Bertz CT molecular complexity index is 250. The molecule has 0 spiro atoms. The van der Waals surface area contributed by atoms with E-state index in [0.29, 0.717) is 18.5 Å². The summed E-state index contributed by atoms with van der Waals surface area (Å²) in [5, 5.41) is 0. The lowest BCUT2D eigenvalue weighted by Gasteiger charge is -2.39. The molecule has 0 radical (unpaired) electrons. The highest BCUT2D eigenvalue weighted by Gasteiger charge is 2.34. The van der Waals surface area contributed by atoms with Crippen LogP contribution in [-0.2, 0) is 4.79 Å². The lowest BCUT2D eigenvalue weighted by molar-refractivity contribution is -0.142. The Morgan fingerprint density at radius 2 is 1.94 bits per heavy atom. The molecule has 0 aliphatic heterocycles. The van der Waals surface area contributed by atoms with E-state index in [1.54, 1.807) is 0 Å². The summed E-state index contributed by atoms with van der Waals surface area (Å²) in [6.07, 6.45) is 4.94. The van der Waals surface area contributed by atoms with Crippen LogP contribution in [0, 0.1) is 11.3 Å². The topological polar surface area (TPSA) is 46.3 Å². The Hall–Kier alpha value is -0.570. The predicted molar refractivity (Wildman–Crippen MR) is 67.0 cm³/mol. The third kappa shape index (κ3) is 2.76. The molecule has 94 valence electrons. The summed E-state index contributed by atoms with van der Waals surface area (Å²) in [6, 6.07) is 0.409. The normalized spacial score (nSPS) is 26.6. The number of hydrogen-bond donors (Lipinski definition) is 1. The maximum atomic E-state index is 12.3. The molecule has 0 saturated heterocycles. The van der Waals surface area contributed by atoms with Gasteiger partial charge in [0.25, 0.3) is 0 Å². The van der Waals surface area contributed by atoms with Crippen LogP contribution in [-0.4, -0.2) is 30.4 Å². The van der Waals surface area contributed by atoms with Gasteiger partial charge in [-0.3, -0.25) is 4.79 Å². The monoisotopic (exact) mass is 226 g/mol. The zero-order valence-corrected chi connectivity index (χ0v) is 11.1. The maximum Gasteiger partial charge on any atom is 0.229 e. The molecule has 3 nitrogen and oxygen atoms in total. The van der Waals surface area contributed by atoms with Crippen molar-refractivity contribution in [2.45, 2.75) is 52.5 Å². The summed E-state index contributed by atoms with van der Waals surface area (Å²) in [7, 11) is 1.94. The van der Waals surface area contributed by atoms with E-state index in [9.17, 15) is 4.79 Å². The molecule has 16 heavy (non-hydrogen) atoms. The second-order valence-electron chi connectivity index (χ2n) is 5.83. The molecule has 1 fully saturated rings. The molecule has 1 aliphatic carbocycles. The number of carbonyl (C=O) groups excluding carboxylic acids is 1. The van der Waals surface area contributed by atoms with Gasteiger partial charge in [0.2, 0.25) is 5.91 Å². The SMILES string of the molecule is CC1CCCCC1N(C)C(=O)C(C)(C)CN. The van der Waals surface area contributed by atoms with Crippen LogP contribution in [0.4, 0.5) is 0 Å². The number of carbonyl (C=O) groups is 1. The van der Waals surface area contributed by atoms with E-state index in [-0.39, 0.29) is 5.91 Å². The average molecular weight is 226 g/mol. The molecular weight excluding hydrogens is 200 g/mol. The molecule has 0 bridgehead atoms. The zero-order chi connectivity index (χ0) is 12.3. The molecular formula is C13H26N2O. The fourth-order valence-electron chi connectivity index (χ4n) is 2.59. The molecule has 2 atom stereocenters. The Balaban J connectivity index is 2.69. The lowest BCUT2D eigenvalue weighted by Crippen LogP contribution is -2.49. The molecule has 0 aromatic carbocycles. The van der Waals surface area contributed by atoms with Crippen LogP contribution >= 0.6 is 0 Å². The van der Waals surface area contributed by atoms with E-state index < -0.39 is 5.41 Å². The minimum absolute atomic E-state index is 0.189. The van der Waals surface area contributed by atoms with Gasteiger partial charge in [0.05, 0.1) is 5.41 Å². The van der Waals surface area contributed by atoms with Gasteiger partial charge in [-0.2, -0.15) is 0 Å². The Morgan fingerprint density at radius 3 is 2.44 bits per heavy atom. The van der Waals surface area contributed by atoms with Gasteiger partial charge in [-0.1, -0.05) is 19.8 Å². The highest BCUT2D eigenvalue weighted by Crippen LogP contribution is 2.29. The average Bonchev–Trinajstić information content (AvgIpc) is 2.27. The fourth-order valence-corrected chi connectivity index (χ4v) is 2.59. The molecule has 0 heterocycles. The molecule has 2 N–H and O–H groups in total. The summed E-state index contributed by atoms with van der Waals surface area (Å²) in [6.45, 7) is 6.53. The van der Waals surface area contributed by atoms with Crippen molar-refractivity contribution in [1.82, 2.24) is 4.90 Å². The van der Waals surface area contributed by atoms with Crippen LogP contribution in [0.15, 0.2) is 0 Å². The summed E-state index contributed by atoms with van der Waals surface area (Å²) >= 11 is 0. The number of rotatable bonds is 3. The second kappa shape index (κ2) is 5.17. The quantitative estimate of drug-likeness (QED) is 0.800. The van der Waals surface area contributed by atoms with Crippen molar-refractivity contribution in [2.24, 2.45) is 17.1 Å².